The van der Waals surface area contributed by atoms with Gasteiger partial charge in [0.15, 0.2) is 0 Å². The van der Waals surface area contributed by atoms with Crippen LogP contribution in [0.1, 0.15) is 82.3 Å². The van der Waals surface area contributed by atoms with Gasteiger partial charge in [-0.15, -0.1) is 0 Å². The molecule has 0 aliphatic carbocycles. The van der Waals surface area contributed by atoms with Crippen LogP contribution in [-0.4, -0.2) is 142 Å². The van der Waals surface area contributed by atoms with Gasteiger partial charge in [-0.3, -0.25) is 15.6 Å². The van der Waals surface area contributed by atoms with Crippen LogP contribution in [0.3, 0.4) is 0 Å². The van der Waals surface area contributed by atoms with Crippen molar-refractivity contribution in [1.29, 1.82) is 10.8 Å². The number of nitrogen functional groups attached to an aromatic ring is 2. The van der Waals surface area contributed by atoms with Gasteiger partial charge in [0.2, 0.25) is 5.91 Å². The topological polar surface area (TPSA) is 186 Å². The Hall–Kier alpha value is -3.75. The molecule has 2 heterocycles. The molecule has 0 aromatic heterocycles. The number of piperazine rings is 2. The predicted octanol–water partition coefficient (Wildman–Crippen LogP) is 3.93. The predicted molar refractivity (Wildman–Crippen MR) is 226 cm³/mol. The normalized spacial score (nSPS) is 15.5. The van der Waals surface area contributed by atoms with Crippen LogP contribution in [0.4, 0.5) is 0 Å². The summed E-state index contributed by atoms with van der Waals surface area (Å²) in [5.41, 5.74) is 17.9. The minimum atomic E-state index is 0.0674. The van der Waals surface area contributed by atoms with E-state index in [9.17, 15) is 4.79 Å². The van der Waals surface area contributed by atoms with E-state index < -0.39 is 0 Å². The molecule has 0 atom stereocenters. The summed E-state index contributed by atoms with van der Waals surface area (Å²) in [5.74, 6) is 1.91. The molecule has 2 aromatic carbocycles. The first-order valence-corrected chi connectivity index (χ1v) is 20.7. The Bertz CT molecular complexity index is 1330. The van der Waals surface area contributed by atoms with Crippen molar-refractivity contribution in [3.05, 3.63) is 59.7 Å². The van der Waals surface area contributed by atoms with Crippen LogP contribution in [0.15, 0.2) is 48.5 Å². The molecule has 2 fully saturated rings. The summed E-state index contributed by atoms with van der Waals surface area (Å²) in [6.07, 6.45) is 11.9. The van der Waals surface area contributed by atoms with Crippen molar-refractivity contribution in [2.75, 3.05) is 105 Å². The second-order valence-electron chi connectivity index (χ2n) is 14.7. The molecule has 308 valence electrons. The maximum absolute atomic E-state index is 10.8. The van der Waals surface area contributed by atoms with Crippen molar-refractivity contribution < 1.29 is 14.3 Å². The largest absolute Gasteiger partial charge is 0.494 e. The van der Waals surface area contributed by atoms with Crippen LogP contribution in [-0.2, 0) is 4.79 Å². The lowest BCUT2D eigenvalue weighted by atomic mass is 10.1. The van der Waals surface area contributed by atoms with Gasteiger partial charge in [0.05, 0.1) is 13.2 Å². The van der Waals surface area contributed by atoms with Gasteiger partial charge in [-0.1, -0.05) is 25.7 Å². The van der Waals surface area contributed by atoms with E-state index in [-0.39, 0.29) is 17.6 Å². The maximum atomic E-state index is 10.8. The molecular formula is C42H72N10O3. The molecule has 9 N–H and O–H groups in total. The number of benzene rings is 2. The van der Waals surface area contributed by atoms with Gasteiger partial charge in [0.1, 0.15) is 23.2 Å². The Kier molecular flexibility index (Phi) is 23.0. The molecule has 0 unspecified atom stereocenters. The zero-order chi connectivity index (χ0) is 39.5. The number of nitrogens with zero attached hydrogens (tertiary/aromatic N) is 4. The van der Waals surface area contributed by atoms with Gasteiger partial charge in [-0.05, 0) is 107 Å². The number of rotatable bonds is 25. The summed E-state index contributed by atoms with van der Waals surface area (Å²) in [5, 5.41) is 17.6. The number of ether oxygens (including phenoxy) is 2. The average Bonchev–Trinajstić information content (AvgIpc) is 3.19. The molecule has 13 nitrogen and oxygen atoms in total. The molecule has 0 radical (unpaired) electrons. The quantitative estimate of drug-likeness (QED) is 0.0492. The monoisotopic (exact) mass is 765 g/mol. The summed E-state index contributed by atoms with van der Waals surface area (Å²) < 4.78 is 11.6. The van der Waals surface area contributed by atoms with Crippen molar-refractivity contribution in [2.45, 2.75) is 71.1 Å². The number of nitrogens with two attached hydrogens (primary N) is 3. The number of hydrogen-bond acceptors (Lipinski definition) is 10. The Morgan fingerprint density at radius 2 is 0.909 bits per heavy atom. The highest BCUT2D eigenvalue weighted by molar-refractivity contribution is 5.95. The van der Waals surface area contributed by atoms with Crippen molar-refractivity contribution >= 4 is 17.6 Å². The average molecular weight is 765 g/mol. The summed E-state index contributed by atoms with van der Waals surface area (Å²) in [6, 6.07) is 14.8. The van der Waals surface area contributed by atoms with Crippen LogP contribution < -0.4 is 32.0 Å². The van der Waals surface area contributed by atoms with Crippen molar-refractivity contribution in [2.24, 2.45) is 17.2 Å². The number of hydrogen-bond donors (Lipinski definition) is 6. The minimum absolute atomic E-state index is 0.0674. The molecule has 4 rings (SSSR count). The second-order valence-corrected chi connectivity index (χ2v) is 14.7. The zero-order valence-electron chi connectivity index (χ0n) is 33.7. The van der Waals surface area contributed by atoms with Gasteiger partial charge in [0, 0.05) is 90.0 Å². The van der Waals surface area contributed by atoms with E-state index in [2.05, 4.69) is 24.9 Å². The lowest BCUT2D eigenvalue weighted by Crippen LogP contribution is -2.46. The van der Waals surface area contributed by atoms with Gasteiger partial charge in [0.25, 0.3) is 0 Å². The Morgan fingerprint density at radius 1 is 0.564 bits per heavy atom. The van der Waals surface area contributed by atoms with Crippen LogP contribution >= 0.6 is 0 Å². The third-order valence-electron chi connectivity index (χ3n) is 10.2. The first-order chi connectivity index (χ1) is 26.7. The van der Waals surface area contributed by atoms with Crippen LogP contribution in [0.25, 0.3) is 0 Å². The van der Waals surface area contributed by atoms with Crippen LogP contribution in [0.2, 0.25) is 0 Å². The van der Waals surface area contributed by atoms with E-state index in [4.69, 9.17) is 37.5 Å². The van der Waals surface area contributed by atoms with E-state index in [1.54, 1.807) is 6.92 Å². The fourth-order valence-electron chi connectivity index (χ4n) is 6.80. The minimum Gasteiger partial charge on any atom is -0.494 e. The van der Waals surface area contributed by atoms with Crippen LogP contribution in [0.5, 0.6) is 11.5 Å². The fraction of sp³-hybridized carbons (Fsp3) is 0.643. The number of nitrogens with one attached hydrogen (secondary N) is 3. The van der Waals surface area contributed by atoms with Gasteiger partial charge in [-0.2, -0.15) is 0 Å². The van der Waals surface area contributed by atoms with Crippen molar-refractivity contribution in [3.63, 3.8) is 0 Å². The highest BCUT2D eigenvalue weighted by Gasteiger charge is 2.17. The third-order valence-corrected chi connectivity index (χ3v) is 10.2. The molecule has 2 aliphatic rings. The van der Waals surface area contributed by atoms with E-state index in [1.165, 1.54) is 64.7 Å². The fourth-order valence-corrected chi connectivity index (χ4v) is 6.80. The number of amidine groups is 2. The standard InChI is InChI=1S/C22H37N5O2.C20H35N5O/c1-19(28)25-11-4-2-3-5-12-26-14-16-27(17-15-26)13-6-18-29-21-9-7-20(8-10-21)22(23)24;21-10-3-1-2-4-11-24-13-15-25(16-14-24)12-5-17-26-19-8-6-18(7-9-19)20(22)23/h7-10H,2-6,11-18H2,1H3,(H3,23,24)(H,25,28);6-9H,1-5,10-17,21H2,(H3,22,23). The molecule has 0 bridgehead atoms. The van der Waals surface area contributed by atoms with E-state index >= 15 is 0 Å². The molecule has 2 saturated heterocycles. The number of carbonyl (C=O) groups excluding carboxylic acids is 1. The molecular weight excluding hydrogens is 693 g/mol. The maximum Gasteiger partial charge on any atom is 0.216 e. The molecule has 0 saturated carbocycles. The summed E-state index contributed by atoms with van der Waals surface area (Å²) in [7, 11) is 0. The lowest BCUT2D eigenvalue weighted by Gasteiger charge is -2.34. The van der Waals surface area contributed by atoms with Crippen LogP contribution in [0, 0.1) is 10.8 Å². The highest BCUT2D eigenvalue weighted by Crippen LogP contribution is 2.14. The molecule has 1 amide bonds. The van der Waals surface area contributed by atoms with E-state index in [0.29, 0.717) is 6.61 Å². The molecule has 0 spiro atoms. The smallest absolute Gasteiger partial charge is 0.216 e. The second kappa shape index (κ2) is 27.8. The van der Waals surface area contributed by atoms with E-state index in [1.807, 2.05) is 48.5 Å². The number of carbonyl (C=O) groups is 1. The number of unbranched alkanes of at least 4 members (excludes halogenated alkanes) is 6. The molecule has 13 heteroatoms. The van der Waals surface area contributed by atoms with Crippen molar-refractivity contribution in [3.8, 4) is 11.5 Å². The zero-order valence-corrected chi connectivity index (χ0v) is 33.7. The first kappa shape index (κ1) is 45.6. The van der Waals surface area contributed by atoms with Gasteiger partial charge < -0.3 is 51.6 Å². The highest BCUT2D eigenvalue weighted by atomic mass is 16.5. The Morgan fingerprint density at radius 3 is 1.25 bits per heavy atom. The molecule has 55 heavy (non-hydrogen) atoms. The number of amides is 1. The summed E-state index contributed by atoms with van der Waals surface area (Å²) in [4.78, 5) is 21.0. The van der Waals surface area contributed by atoms with Gasteiger partial charge >= 0.3 is 0 Å². The summed E-state index contributed by atoms with van der Waals surface area (Å²) >= 11 is 0. The van der Waals surface area contributed by atoms with Crippen molar-refractivity contribution in [1.82, 2.24) is 24.9 Å². The Labute approximate surface area is 331 Å². The van der Waals surface area contributed by atoms with E-state index in [0.717, 1.165) is 120 Å². The third kappa shape index (κ3) is 20.7. The molecule has 2 aromatic rings. The lowest BCUT2D eigenvalue weighted by molar-refractivity contribution is -0.118. The SMILES string of the molecule is CC(=O)NCCCCCCN1CCN(CCCOc2ccc(C(=N)N)cc2)CC1.N=C(N)c1ccc(OCCCN2CCN(CCCCCCN)CC2)cc1. The first-order valence-electron chi connectivity index (χ1n) is 20.7. The van der Waals surface area contributed by atoms with Gasteiger partial charge in [-0.25, -0.2) is 0 Å². The molecule has 2 aliphatic heterocycles. The Balaban J connectivity index is 0.000000297. The summed E-state index contributed by atoms with van der Waals surface area (Å²) in [6.45, 7) is 18.5.